The summed E-state index contributed by atoms with van der Waals surface area (Å²) in [6, 6.07) is 0. The molecule has 0 atom stereocenters. The predicted molar refractivity (Wildman–Crippen MR) is 94.1 cm³/mol. The quantitative estimate of drug-likeness (QED) is 0.269. The van der Waals surface area contributed by atoms with Gasteiger partial charge in [-0.1, -0.05) is 111 Å². The molecule has 0 bridgehead atoms. The largest absolute Gasteiger partial charge is 0.0654 e. The summed E-state index contributed by atoms with van der Waals surface area (Å²) in [5.74, 6) is 0. The third kappa shape index (κ3) is 14.4. The molecule has 0 nitrogen and oxygen atoms in total. The van der Waals surface area contributed by atoms with Gasteiger partial charge in [0.2, 0.25) is 0 Å². The van der Waals surface area contributed by atoms with Gasteiger partial charge in [0, 0.05) is 0 Å². The van der Waals surface area contributed by atoms with Crippen molar-refractivity contribution in [2.75, 3.05) is 0 Å². The van der Waals surface area contributed by atoms with Crippen molar-refractivity contribution in [3.63, 3.8) is 0 Å². The smallest absolute Gasteiger partial charge is 0.0354 e. The molecular formula is C20H41. The number of hydrogen-bond acceptors (Lipinski definition) is 0. The summed E-state index contributed by atoms with van der Waals surface area (Å²) in [6.07, 6.45) is 21.2. The maximum absolute atomic E-state index is 3.98. The van der Waals surface area contributed by atoms with E-state index in [2.05, 4.69) is 27.7 Å². The average molecular weight is 282 g/mol. The van der Waals surface area contributed by atoms with Gasteiger partial charge in [0.1, 0.15) is 0 Å². The number of hydrogen-bond donors (Lipinski definition) is 0. The second kappa shape index (κ2) is 14.0. The van der Waals surface area contributed by atoms with Crippen LogP contribution in [0.3, 0.4) is 0 Å². The topological polar surface area (TPSA) is 0 Å². The second-order valence-electron chi connectivity index (χ2n) is 7.41. The normalized spacial score (nSPS) is 12.0. The highest BCUT2D eigenvalue weighted by Gasteiger charge is 2.15. The van der Waals surface area contributed by atoms with Crippen LogP contribution in [-0.4, -0.2) is 0 Å². The average Bonchev–Trinajstić information content (AvgIpc) is 2.40. The molecule has 0 N–H and O–H groups in total. The van der Waals surface area contributed by atoms with Crippen LogP contribution in [0.2, 0.25) is 0 Å². The molecule has 20 heavy (non-hydrogen) atoms. The summed E-state index contributed by atoms with van der Waals surface area (Å²) in [5, 5.41) is 0. The van der Waals surface area contributed by atoms with E-state index in [1.165, 1.54) is 89.9 Å². The molecule has 0 rings (SSSR count). The second-order valence-corrected chi connectivity index (χ2v) is 7.41. The molecular weight excluding hydrogens is 240 g/mol. The fourth-order valence-corrected chi connectivity index (χ4v) is 3.05. The zero-order chi connectivity index (χ0) is 15.1. The molecule has 0 aromatic rings. The lowest BCUT2D eigenvalue weighted by Crippen LogP contribution is -2.10. The number of unbranched alkanes of at least 4 members (excludes halogenated alkanes) is 11. The summed E-state index contributed by atoms with van der Waals surface area (Å²) in [4.78, 5) is 0. The molecule has 1 radical (unpaired) electrons. The lowest BCUT2D eigenvalue weighted by atomic mass is 9.83. The molecule has 0 aliphatic carbocycles. The zero-order valence-electron chi connectivity index (χ0n) is 14.8. The van der Waals surface area contributed by atoms with Crippen LogP contribution >= 0.6 is 0 Å². The molecule has 0 amide bonds. The standard InChI is InChI=1S/C20H41/c1-5-7-8-9-10-11-12-13-14-15-16-17-19-20(3,4)18-6-2/h2,5-19H2,1,3-4H3. The highest BCUT2D eigenvalue weighted by Crippen LogP contribution is 2.29. The van der Waals surface area contributed by atoms with Crippen molar-refractivity contribution in [1.82, 2.24) is 0 Å². The number of rotatable bonds is 15. The maximum atomic E-state index is 3.98. The van der Waals surface area contributed by atoms with Crippen LogP contribution in [0.5, 0.6) is 0 Å². The van der Waals surface area contributed by atoms with Gasteiger partial charge in [-0.05, 0) is 18.3 Å². The van der Waals surface area contributed by atoms with E-state index >= 15 is 0 Å². The van der Waals surface area contributed by atoms with Gasteiger partial charge < -0.3 is 0 Å². The van der Waals surface area contributed by atoms with E-state index in [1.807, 2.05) is 0 Å². The Kier molecular flexibility index (Phi) is 14.0. The van der Waals surface area contributed by atoms with Gasteiger partial charge in [-0.25, -0.2) is 0 Å². The Labute approximate surface area is 130 Å². The SMILES string of the molecule is [CH2]CCC(C)(C)CCCCCCCCCCCCCC. The van der Waals surface area contributed by atoms with Gasteiger partial charge in [0.15, 0.2) is 0 Å². The summed E-state index contributed by atoms with van der Waals surface area (Å²) >= 11 is 0. The van der Waals surface area contributed by atoms with Crippen molar-refractivity contribution in [1.29, 1.82) is 0 Å². The van der Waals surface area contributed by atoms with Gasteiger partial charge in [-0.3, -0.25) is 0 Å². The molecule has 0 saturated heterocycles. The first-order valence-electron chi connectivity index (χ1n) is 9.41. The highest BCUT2D eigenvalue weighted by molar-refractivity contribution is 4.69. The minimum Gasteiger partial charge on any atom is -0.0654 e. The third-order valence-electron chi connectivity index (χ3n) is 4.56. The first kappa shape index (κ1) is 20.0. The van der Waals surface area contributed by atoms with E-state index in [-0.39, 0.29) is 0 Å². The van der Waals surface area contributed by atoms with Crippen LogP contribution in [0.4, 0.5) is 0 Å². The third-order valence-corrected chi connectivity index (χ3v) is 4.56. The Morgan fingerprint density at radius 1 is 0.600 bits per heavy atom. The van der Waals surface area contributed by atoms with E-state index in [0.717, 1.165) is 6.42 Å². The van der Waals surface area contributed by atoms with Gasteiger partial charge in [0.25, 0.3) is 0 Å². The van der Waals surface area contributed by atoms with Crippen LogP contribution in [0, 0.1) is 12.3 Å². The van der Waals surface area contributed by atoms with Crippen molar-refractivity contribution in [3.05, 3.63) is 6.92 Å². The zero-order valence-corrected chi connectivity index (χ0v) is 14.8. The fourth-order valence-electron chi connectivity index (χ4n) is 3.05. The Balaban J connectivity index is 3.13. The van der Waals surface area contributed by atoms with Crippen LogP contribution in [-0.2, 0) is 0 Å². The van der Waals surface area contributed by atoms with Crippen LogP contribution in [0.15, 0.2) is 0 Å². The lowest BCUT2D eigenvalue weighted by Gasteiger charge is -2.23. The summed E-state index contributed by atoms with van der Waals surface area (Å²) in [5.41, 5.74) is 0.528. The molecule has 0 saturated carbocycles. The maximum Gasteiger partial charge on any atom is -0.0354 e. The summed E-state index contributed by atoms with van der Waals surface area (Å²) in [6.45, 7) is 11.1. The van der Waals surface area contributed by atoms with E-state index in [9.17, 15) is 0 Å². The van der Waals surface area contributed by atoms with Gasteiger partial charge in [0.05, 0.1) is 0 Å². The monoisotopic (exact) mass is 281 g/mol. The molecule has 0 heteroatoms. The molecule has 0 aromatic heterocycles. The molecule has 0 fully saturated rings. The lowest BCUT2D eigenvalue weighted by molar-refractivity contribution is 0.296. The van der Waals surface area contributed by atoms with Crippen molar-refractivity contribution in [2.24, 2.45) is 5.41 Å². The van der Waals surface area contributed by atoms with Crippen LogP contribution < -0.4 is 0 Å². The van der Waals surface area contributed by atoms with Crippen molar-refractivity contribution in [3.8, 4) is 0 Å². The van der Waals surface area contributed by atoms with Crippen LogP contribution in [0.25, 0.3) is 0 Å². The Bertz CT molecular complexity index is 180. The van der Waals surface area contributed by atoms with E-state index < -0.39 is 0 Å². The molecule has 0 unspecified atom stereocenters. The highest BCUT2D eigenvalue weighted by atomic mass is 14.2. The fraction of sp³-hybridized carbons (Fsp3) is 0.950. The van der Waals surface area contributed by atoms with Crippen molar-refractivity contribution in [2.45, 2.75) is 117 Å². The molecule has 0 spiro atoms. The molecule has 121 valence electrons. The van der Waals surface area contributed by atoms with Crippen LogP contribution in [0.1, 0.15) is 117 Å². The predicted octanol–water partition coefficient (Wildman–Crippen LogP) is 7.72. The van der Waals surface area contributed by atoms with Gasteiger partial charge in [-0.15, -0.1) is 0 Å². The summed E-state index contributed by atoms with van der Waals surface area (Å²) in [7, 11) is 0. The molecule has 0 aromatic carbocycles. The first-order chi connectivity index (χ1) is 9.62. The minimum atomic E-state index is 0.528. The molecule has 0 aliphatic rings. The Hall–Kier alpha value is 0. The van der Waals surface area contributed by atoms with E-state index in [4.69, 9.17) is 0 Å². The first-order valence-corrected chi connectivity index (χ1v) is 9.41. The Morgan fingerprint density at radius 3 is 1.40 bits per heavy atom. The molecule has 0 aliphatic heterocycles. The van der Waals surface area contributed by atoms with Crippen molar-refractivity contribution < 1.29 is 0 Å². The molecule has 0 heterocycles. The Morgan fingerprint density at radius 2 is 1.00 bits per heavy atom. The van der Waals surface area contributed by atoms with E-state index in [1.54, 1.807) is 0 Å². The van der Waals surface area contributed by atoms with Crippen molar-refractivity contribution >= 4 is 0 Å². The minimum absolute atomic E-state index is 0.528. The van der Waals surface area contributed by atoms with Gasteiger partial charge in [-0.2, -0.15) is 0 Å². The summed E-state index contributed by atoms with van der Waals surface area (Å²) < 4.78 is 0. The van der Waals surface area contributed by atoms with E-state index in [0.29, 0.717) is 5.41 Å². The van der Waals surface area contributed by atoms with Gasteiger partial charge >= 0.3 is 0 Å².